The van der Waals surface area contributed by atoms with Gasteiger partial charge in [0.1, 0.15) is 18.5 Å². The van der Waals surface area contributed by atoms with E-state index in [1.807, 2.05) is 0 Å². The van der Waals surface area contributed by atoms with E-state index in [2.05, 4.69) is 0 Å². The Bertz CT molecular complexity index is 513. The SMILES string of the molecule is Nc1ccc(C(O)COc2cccc(Cl)c2)cc1. The molecule has 0 aliphatic carbocycles. The van der Waals surface area contributed by atoms with Crippen LogP contribution in [0.5, 0.6) is 5.75 Å². The molecule has 0 amide bonds. The van der Waals surface area contributed by atoms with Crippen LogP contribution in [-0.2, 0) is 0 Å². The van der Waals surface area contributed by atoms with Gasteiger partial charge in [0, 0.05) is 10.7 Å². The molecule has 3 nitrogen and oxygen atoms in total. The molecule has 0 aliphatic rings. The van der Waals surface area contributed by atoms with Gasteiger partial charge in [0.05, 0.1) is 0 Å². The third kappa shape index (κ3) is 3.39. The molecule has 0 spiro atoms. The van der Waals surface area contributed by atoms with Crippen LogP contribution in [-0.4, -0.2) is 11.7 Å². The monoisotopic (exact) mass is 263 g/mol. The second kappa shape index (κ2) is 5.76. The van der Waals surface area contributed by atoms with Crippen LogP contribution in [0.15, 0.2) is 48.5 Å². The van der Waals surface area contributed by atoms with Crippen LogP contribution in [0.25, 0.3) is 0 Å². The first-order chi connectivity index (χ1) is 8.65. The van der Waals surface area contributed by atoms with Gasteiger partial charge in [-0.05, 0) is 35.9 Å². The van der Waals surface area contributed by atoms with Gasteiger partial charge in [-0.3, -0.25) is 0 Å². The Balaban J connectivity index is 1.96. The van der Waals surface area contributed by atoms with Gasteiger partial charge < -0.3 is 15.6 Å². The molecular weight excluding hydrogens is 250 g/mol. The Labute approximate surface area is 111 Å². The van der Waals surface area contributed by atoms with Gasteiger partial charge in [-0.25, -0.2) is 0 Å². The quantitative estimate of drug-likeness (QED) is 0.834. The molecular formula is C14H14ClNO2. The number of rotatable bonds is 4. The lowest BCUT2D eigenvalue weighted by atomic mass is 10.1. The molecule has 0 saturated carbocycles. The maximum atomic E-state index is 9.94. The Kier molecular flexibility index (Phi) is 4.07. The minimum atomic E-state index is -0.690. The Hall–Kier alpha value is -1.71. The highest BCUT2D eigenvalue weighted by molar-refractivity contribution is 6.30. The molecule has 0 fully saturated rings. The second-order valence-corrected chi connectivity index (χ2v) is 4.39. The van der Waals surface area contributed by atoms with Crippen molar-refractivity contribution in [1.82, 2.24) is 0 Å². The lowest BCUT2D eigenvalue weighted by Crippen LogP contribution is -2.09. The third-order valence-corrected chi connectivity index (χ3v) is 2.76. The summed E-state index contributed by atoms with van der Waals surface area (Å²) in [6.45, 7) is 0.171. The van der Waals surface area contributed by atoms with Gasteiger partial charge in [0.15, 0.2) is 0 Å². The maximum absolute atomic E-state index is 9.94. The van der Waals surface area contributed by atoms with Crippen molar-refractivity contribution in [3.63, 3.8) is 0 Å². The van der Waals surface area contributed by atoms with E-state index in [-0.39, 0.29) is 6.61 Å². The smallest absolute Gasteiger partial charge is 0.120 e. The summed E-state index contributed by atoms with van der Waals surface area (Å²) < 4.78 is 5.47. The van der Waals surface area contributed by atoms with Crippen LogP contribution < -0.4 is 10.5 Å². The predicted octanol–water partition coefficient (Wildman–Crippen LogP) is 3.03. The summed E-state index contributed by atoms with van der Waals surface area (Å²) >= 11 is 5.84. The summed E-state index contributed by atoms with van der Waals surface area (Å²) in [6.07, 6.45) is -0.690. The molecule has 1 unspecified atom stereocenters. The van der Waals surface area contributed by atoms with Gasteiger partial charge in [0.2, 0.25) is 0 Å². The van der Waals surface area contributed by atoms with Gasteiger partial charge in [-0.2, -0.15) is 0 Å². The van der Waals surface area contributed by atoms with Crippen molar-refractivity contribution < 1.29 is 9.84 Å². The summed E-state index contributed by atoms with van der Waals surface area (Å²) in [5, 5.41) is 10.5. The van der Waals surface area contributed by atoms with Crippen LogP contribution in [0.2, 0.25) is 5.02 Å². The zero-order valence-electron chi connectivity index (χ0n) is 9.71. The standard InChI is InChI=1S/C14H14ClNO2/c15-11-2-1-3-13(8-11)18-9-14(17)10-4-6-12(16)7-5-10/h1-8,14,17H,9,16H2. The molecule has 0 bridgehead atoms. The van der Waals surface area contributed by atoms with Gasteiger partial charge >= 0.3 is 0 Å². The zero-order chi connectivity index (χ0) is 13.0. The minimum Gasteiger partial charge on any atom is -0.490 e. The van der Waals surface area contributed by atoms with E-state index in [9.17, 15) is 5.11 Å². The number of aliphatic hydroxyl groups excluding tert-OH is 1. The average molecular weight is 264 g/mol. The molecule has 0 aromatic heterocycles. The van der Waals surface area contributed by atoms with E-state index in [1.54, 1.807) is 48.5 Å². The summed E-state index contributed by atoms with van der Waals surface area (Å²) in [4.78, 5) is 0. The Morgan fingerprint density at radius 3 is 2.56 bits per heavy atom. The molecule has 3 N–H and O–H groups in total. The van der Waals surface area contributed by atoms with Crippen molar-refractivity contribution in [3.8, 4) is 5.75 Å². The molecule has 4 heteroatoms. The fraction of sp³-hybridized carbons (Fsp3) is 0.143. The lowest BCUT2D eigenvalue weighted by Gasteiger charge is -2.13. The molecule has 0 heterocycles. The lowest BCUT2D eigenvalue weighted by molar-refractivity contribution is 0.108. The van der Waals surface area contributed by atoms with Gasteiger partial charge in [-0.1, -0.05) is 29.8 Å². The molecule has 2 aromatic rings. The Morgan fingerprint density at radius 2 is 1.89 bits per heavy atom. The van der Waals surface area contributed by atoms with E-state index in [1.165, 1.54) is 0 Å². The normalized spacial score (nSPS) is 12.1. The number of aliphatic hydroxyl groups is 1. The summed E-state index contributed by atoms with van der Waals surface area (Å²) in [6, 6.07) is 14.1. The fourth-order valence-electron chi connectivity index (χ4n) is 1.55. The highest BCUT2D eigenvalue weighted by Gasteiger charge is 2.08. The second-order valence-electron chi connectivity index (χ2n) is 3.95. The molecule has 18 heavy (non-hydrogen) atoms. The predicted molar refractivity (Wildman–Crippen MR) is 72.8 cm³/mol. The van der Waals surface area contributed by atoms with Crippen LogP contribution >= 0.6 is 11.6 Å². The van der Waals surface area contributed by atoms with Crippen molar-refractivity contribution in [3.05, 3.63) is 59.1 Å². The summed E-state index contributed by atoms with van der Waals surface area (Å²) in [7, 11) is 0. The van der Waals surface area contributed by atoms with E-state index in [0.717, 1.165) is 5.56 Å². The Morgan fingerprint density at radius 1 is 1.17 bits per heavy atom. The van der Waals surface area contributed by atoms with Crippen LogP contribution in [0.3, 0.4) is 0 Å². The highest BCUT2D eigenvalue weighted by Crippen LogP contribution is 2.20. The summed E-state index contributed by atoms with van der Waals surface area (Å²) in [5.74, 6) is 0.636. The average Bonchev–Trinajstić information content (AvgIpc) is 2.37. The van der Waals surface area contributed by atoms with E-state index in [0.29, 0.717) is 16.5 Å². The van der Waals surface area contributed by atoms with Crippen LogP contribution in [0, 0.1) is 0 Å². The number of nitrogens with two attached hydrogens (primary N) is 1. The first-order valence-electron chi connectivity index (χ1n) is 5.57. The van der Waals surface area contributed by atoms with Crippen molar-refractivity contribution >= 4 is 17.3 Å². The largest absolute Gasteiger partial charge is 0.490 e. The van der Waals surface area contributed by atoms with Crippen molar-refractivity contribution in [2.75, 3.05) is 12.3 Å². The fourth-order valence-corrected chi connectivity index (χ4v) is 1.73. The summed E-state index contributed by atoms with van der Waals surface area (Å²) in [5.41, 5.74) is 7.02. The van der Waals surface area contributed by atoms with Crippen LogP contribution in [0.1, 0.15) is 11.7 Å². The number of halogens is 1. The topological polar surface area (TPSA) is 55.5 Å². The van der Waals surface area contributed by atoms with Crippen LogP contribution in [0.4, 0.5) is 5.69 Å². The van der Waals surface area contributed by atoms with Crippen molar-refractivity contribution in [1.29, 1.82) is 0 Å². The molecule has 94 valence electrons. The van der Waals surface area contributed by atoms with Crippen molar-refractivity contribution in [2.45, 2.75) is 6.10 Å². The molecule has 1 atom stereocenters. The van der Waals surface area contributed by atoms with E-state index >= 15 is 0 Å². The van der Waals surface area contributed by atoms with Gasteiger partial charge in [-0.15, -0.1) is 0 Å². The maximum Gasteiger partial charge on any atom is 0.120 e. The van der Waals surface area contributed by atoms with Gasteiger partial charge in [0.25, 0.3) is 0 Å². The number of nitrogen functional groups attached to an aromatic ring is 1. The molecule has 0 saturated heterocycles. The number of ether oxygens (including phenoxy) is 1. The third-order valence-electron chi connectivity index (χ3n) is 2.53. The number of hydrogen-bond acceptors (Lipinski definition) is 3. The number of benzene rings is 2. The molecule has 2 aromatic carbocycles. The van der Waals surface area contributed by atoms with E-state index in [4.69, 9.17) is 22.1 Å². The van der Waals surface area contributed by atoms with Crippen molar-refractivity contribution in [2.24, 2.45) is 0 Å². The highest BCUT2D eigenvalue weighted by atomic mass is 35.5. The minimum absolute atomic E-state index is 0.171. The number of anilines is 1. The van der Waals surface area contributed by atoms with E-state index < -0.39 is 6.10 Å². The zero-order valence-corrected chi connectivity index (χ0v) is 10.5. The molecule has 0 aliphatic heterocycles. The molecule has 0 radical (unpaired) electrons. The number of hydrogen-bond donors (Lipinski definition) is 2. The first-order valence-corrected chi connectivity index (χ1v) is 5.95. The molecule has 2 rings (SSSR count). The first kappa shape index (κ1) is 12.7.